The molecule has 6 heteroatoms. The summed E-state index contributed by atoms with van der Waals surface area (Å²) in [5.41, 5.74) is 0. The number of unbranched alkanes of at least 4 members (excludes halogenated alkanes) is 18. The van der Waals surface area contributed by atoms with Crippen molar-refractivity contribution in [3.8, 4) is 0 Å². The standard InChI is InChI=1S/C24H51N.H2O4S/c1-3-5-7-9-11-13-15-17-19-21-23-25-24-22-20-18-16-14-12-10-8-6-4-2;1-5(2,3)4/h25H,3-24H2,1-2H3;(H2,1,2,3,4). The fourth-order valence-corrected chi connectivity index (χ4v) is 3.70. The lowest BCUT2D eigenvalue weighted by Gasteiger charge is -2.04. The number of hydrogen-bond acceptors (Lipinski definition) is 3. The first-order chi connectivity index (χ1) is 14.4. The lowest BCUT2D eigenvalue weighted by Crippen LogP contribution is -2.84. The Morgan fingerprint density at radius 2 is 0.733 bits per heavy atom. The molecule has 5 nitrogen and oxygen atoms in total. The SMILES string of the molecule is CCCCCCCCCCCC[NH2+]CCCCCCCCCCCC.O=S(=O)([O-])O. The van der Waals surface area contributed by atoms with Crippen LogP contribution in [0.2, 0.25) is 0 Å². The maximum Gasteiger partial charge on any atom is 0.215 e. The van der Waals surface area contributed by atoms with Gasteiger partial charge in [0.05, 0.1) is 13.1 Å². The Morgan fingerprint density at radius 3 is 0.967 bits per heavy atom. The van der Waals surface area contributed by atoms with E-state index in [0.29, 0.717) is 0 Å². The summed E-state index contributed by atoms with van der Waals surface area (Å²) >= 11 is 0. The van der Waals surface area contributed by atoms with Gasteiger partial charge < -0.3 is 9.87 Å². The van der Waals surface area contributed by atoms with Crippen LogP contribution < -0.4 is 5.32 Å². The zero-order valence-corrected chi connectivity index (χ0v) is 21.0. The van der Waals surface area contributed by atoms with Gasteiger partial charge >= 0.3 is 0 Å². The van der Waals surface area contributed by atoms with E-state index in [0.717, 1.165) is 0 Å². The topological polar surface area (TPSA) is 94.0 Å². The van der Waals surface area contributed by atoms with Gasteiger partial charge in [0.1, 0.15) is 0 Å². The Hall–Kier alpha value is -0.170. The molecule has 0 amide bonds. The van der Waals surface area contributed by atoms with Crippen molar-refractivity contribution in [2.24, 2.45) is 0 Å². The largest absolute Gasteiger partial charge is 0.726 e. The van der Waals surface area contributed by atoms with Crippen LogP contribution in [0.5, 0.6) is 0 Å². The Morgan fingerprint density at radius 1 is 0.533 bits per heavy atom. The number of nitrogens with two attached hydrogens (primary N) is 1. The normalized spacial score (nSPS) is 11.3. The molecule has 0 saturated heterocycles. The quantitative estimate of drug-likeness (QED) is 0.113. The molecule has 3 N–H and O–H groups in total. The van der Waals surface area contributed by atoms with E-state index in [1.165, 1.54) is 142 Å². The van der Waals surface area contributed by atoms with Crippen molar-refractivity contribution < 1.29 is 22.8 Å². The van der Waals surface area contributed by atoms with E-state index >= 15 is 0 Å². The third-order valence-electron chi connectivity index (χ3n) is 5.52. The molecule has 0 aliphatic heterocycles. The van der Waals surface area contributed by atoms with Crippen molar-refractivity contribution in [1.29, 1.82) is 0 Å². The summed E-state index contributed by atoms with van der Waals surface area (Å²) in [6.45, 7) is 7.34. The summed E-state index contributed by atoms with van der Waals surface area (Å²) in [5, 5.41) is 2.56. The van der Waals surface area contributed by atoms with Gasteiger partial charge in [0.15, 0.2) is 0 Å². The Labute approximate surface area is 188 Å². The van der Waals surface area contributed by atoms with Crippen molar-refractivity contribution in [2.75, 3.05) is 13.1 Å². The lowest BCUT2D eigenvalue weighted by atomic mass is 10.1. The monoisotopic (exact) mass is 451 g/mol. The summed E-state index contributed by atoms with van der Waals surface area (Å²) in [4.78, 5) is 0. The minimum absolute atomic E-state index is 1.37. The first-order valence-electron chi connectivity index (χ1n) is 12.9. The van der Waals surface area contributed by atoms with E-state index in [9.17, 15) is 0 Å². The van der Waals surface area contributed by atoms with Crippen LogP contribution >= 0.6 is 0 Å². The lowest BCUT2D eigenvalue weighted by molar-refractivity contribution is -0.655. The van der Waals surface area contributed by atoms with Crippen molar-refractivity contribution in [2.45, 2.75) is 142 Å². The second kappa shape index (κ2) is 26.9. The zero-order valence-electron chi connectivity index (χ0n) is 20.2. The van der Waals surface area contributed by atoms with E-state index in [1.807, 2.05) is 0 Å². The molecule has 0 bridgehead atoms. The molecule has 0 unspecified atom stereocenters. The molecule has 0 radical (unpaired) electrons. The highest BCUT2D eigenvalue weighted by atomic mass is 32.3. The molecular weight excluding hydrogens is 398 g/mol. The molecule has 0 aliphatic rings. The van der Waals surface area contributed by atoms with Crippen LogP contribution in [-0.4, -0.2) is 30.6 Å². The molecule has 0 atom stereocenters. The van der Waals surface area contributed by atoms with E-state index in [-0.39, 0.29) is 0 Å². The number of rotatable bonds is 22. The van der Waals surface area contributed by atoms with Gasteiger partial charge in [-0.2, -0.15) is 0 Å². The summed E-state index contributed by atoms with van der Waals surface area (Å²) in [7, 11) is -4.92. The highest BCUT2D eigenvalue weighted by Crippen LogP contribution is 2.11. The van der Waals surface area contributed by atoms with Crippen LogP contribution in [0.15, 0.2) is 0 Å². The van der Waals surface area contributed by atoms with E-state index < -0.39 is 10.4 Å². The highest BCUT2D eigenvalue weighted by molar-refractivity contribution is 7.79. The molecule has 0 saturated carbocycles. The molecule has 0 spiro atoms. The fraction of sp³-hybridized carbons (Fsp3) is 1.00. The van der Waals surface area contributed by atoms with Gasteiger partial charge in [0.25, 0.3) is 0 Å². The Balaban J connectivity index is 0. The van der Waals surface area contributed by atoms with Crippen molar-refractivity contribution >= 4 is 10.4 Å². The van der Waals surface area contributed by atoms with Gasteiger partial charge in [-0.15, -0.1) is 0 Å². The first-order valence-corrected chi connectivity index (χ1v) is 14.3. The van der Waals surface area contributed by atoms with Crippen LogP contribution in [0.4, 0.5) is 0 Å². The minimum Gasteiger partial charge on any atom is -0.726 e. The van der Waals surface area contributed by atoms with Gasteiger partial charge in [0, 0.05) is 0 Å². The van der Waals surface area contributed by atoms with Gasteiger partial charge in [0.2, 0.25) is 10.4 Å². The second-order valence-electron chi connectivity index (χ2n) is 8.66. The number of quaternary nitrogens is 1. The maximum atomic E-state index is 8.63. The molecule has 184 valence electrons. The van der Waals surface area contributed by atoms with Crippen molar-refractivity contribution in [1.82, 2.24) is 0 Å². The van der Waals surface area contributed by atoms with Gasteiger partial charge in [-0.25, -0.2) is 8.42 Å². The minimum atomic E-state index is -4.92. The van der Waals surface area contributed by atoms with Crippen LogP contribution in [0.1, 0.15) is 142 Å². The van der Waals surface area contributed by atoms with E-state index in [4.69, 9.17) is 17.5 Å². The van der Waals surface area contributed by atoms with Crippen molar-refractivity contribution in [3.63, 3.8) is 0 Å². The molecule has 0 aromatic carbocycles. The summed E-state index contributed by atoms with van der Waals surface area (Å²) in [6.07, 6.45) is 29.1. The third-order valence-corrected chi connectivity index (χ3v) is 5.52. The number of hydrogen-bond donors (Lipinski definition) is 2. The average Bonchev–Trinajstić information content (AvgIpc) is 2.68. The summed E-state index contributed by atoms with van der Waals surface area (Å²) in [6, 6.07) is 0. The van der Waals surface area contributed by atoms with E-state index in [1.54, 1.807) is 0 Å². The highest BCUT2D eigenvalue weighted by Gasteiger charge is 1.96. The molecule has 0 aromatic rings. The fourth-order valence-electron chi connectivity index (χ4n) is 3.70. The molecule has 0 fully saturated rings. The van der Waals surface area contributed by atoms with Crippen molar-refractivity contribution in [3.05, 3.63) is 0 Å². The molecule has 0 aliphatic carbocycles. The smallest absolute Gasteiger partial charge is 0.215 e. The zero-order chi connectivity index (χ0) is 22.8. The van der Waals surface area contributed by atoms with Gasteiger partial charge in [-0.3, -0.25) is 4.55 Å². The molecular formula is C24H53NO4S. The molecule has 30 heavy (non-hydrogen) atoms. The Bertz CT molecular complexity index is 372. The first kappa shape index (κ1) is 32.0. The summed E-state index contributed by atoms with van der Waals surface area (Å²) < 4.78 is 32.8. The maximum absolute atomic E-state index is 8.63. The van der Waals surface area contributed by atoms with Crippen LogP contribution in [0.25, 0.3) is 0 Å². The predicted octanol–water partition coefficient (Wildman–Crippen LogP) is 6.40. The Kier molecular flexibility index (Phi) is 28.7. The average molecular weight is 452 g/mol. The second-order valence-corrected chi connectivity index (χ2v) is 9.51. The van der Waals surface area contributed by atoms with Crippen LogP contribution in [-0.2, 0) is 10.4 Å². The van der Waals surface area contributed by atoms with Crippen LogP contribution in [0.3, 0.4) is 0 Å². The summed E-state index contributed by atoms with van der Waals surface area (Å²) in [5.74, 6) is 0. The molecule has 0 heterocycles. The van der Waals surface area contributed by atoms with Gasteiger partial charge in [-0.05, 0) is 25.7 Å². The molecule has 0 rings (SSSR count). The predicted molar refractivity (Wildman–Crippen MR) is 128 cm³/mol. The van der Waals surface area contributed by atoms with Crippen LogP contribution in [0, 0.1) is 0 Å². The molecule has 0 aromatic heterocycles. The van der Waals surface area contributed by atoms with E-state index in [2.05, 4.69) is 19.2 Å². The third kappa shape index (κ3) is 42.0. The van der Waals surface area contributed by atoms with Gasteiger partial charge in [-0.1, -0.05) is 117 Å².